The monoisotopic (exact) mass is 180 g/mol. The van der Waals surface area contributed by atoms with Gasteiger partial charge in [-0.2, -0.15) is 0 Å². The third kappa shape index (κ3) is 1.14. The second-order valence-corrected chi connectivity index (χ2v) is 3.66. The Bertz CT molecular complexity index is 315. The van der Waals surface area contributed by atoms with E-state index in [-0.39, 0.29) is 11.8 Å². The summed E-state index contributed by atoms with van der Waals surface area (Å²) in [6.07, 6.45) is 0. The van der Waals surface area contributed by atoms with Crippen LogP contribution in [0.4, 0.5) is 0 Å². The number of hydrogen-bond acceptors (Lipinski definition) is 1. The molecule has 2 atom stereocenters. The highest BCUT2D eigenvalue weighted by atomic mass is 35.5. The lowest BCUT2D eigenvalue weighted by Crippen LogP contribution is -1.80. The smallest absolute Gasteiger partial charge is 0.144 e. The highest BCUT2D eigenvalue weighted by Crippen LogP contribution is 2.42. The van der Waals surface area contributed by atoms with Crippen LogP contribution >= 0.6 is 11.6 Å². The van der Waals surface area contributed by atoms with Crippen molar-refractivity contribution in [3.8, 4) is 0 Å². The van der Waals surface area contributed by atoms with E-state index in [0.29, 0.717) is 5.78 Å². The summed E-state index contributed by atoms with van der Waals surface area (Å²) in [6.45, 7) is 1.96. The molecule has 12 heavy (non-hydrogen) atoms. The minimum Gasteiger partial charge on any atom is -0.299 e. The molecule has 0 spiro atoms. The molecule has 0 aliphatic heterocycles. The number of carbonyl (C=O) groups excluding carboxylic acids is 1. The Morgan fingerprint density at radius 1 is 1.25 bits per heavy atom. The van der Waals surface area contributed by atoms with E-state index in [0.717, 1.165) is 10.6 Å². The second-order valence-electron chi connectivity index (χ2n) is 3.22. The Morgan fingerprint density at radius 2 is 1.75 bits per heavy atom. The molecule has 2 rings (SSSR count). The van der Waals surface area contributed by atoms with Gasteiger partial charge in [0.05, 0.1) is 5.92 Å². The van der Waals surface area contributed by atoms with Gasteiger partial charge >= 0.3 is 0 Å². The molecule has 0 N–H and O–H groups in total. The van der Waals surface area contributed by atoms with Gasteiger partial charge in [0.25, 0.3) is 0 Å². The average Bonchev–Trinajstić information content (AvgIpc) is 2.63. The lowest BCUT2D eigenvalue weighted by molar-refractivity contribution is -0.111. The van der Waals surface area contributed by atoms with Gasteiger partial charge < -0.3 is 0 Å². The lowest BCUT2D eigenvalue weighted by atomic mass is 10.1. The molecule has 2 unspecified atom stereocenters. The second kappa shape index (κ2) is 2.60. The number of Topliss-reactive ketones (excluding diaryl/α,β-unsaturated/α-hetero) is 1. The Balaban J connectivity index is 2.26. The summed E-state index contributed by atoms with van der Waals surface area (Å²) in [5.74, 6) is 0.700. The van der Waals surface area contributed by atoms with Crippen LogP contribution in [-0.2, 0) is 4.79 Å². The van der Waals surface area contributed by atoms with E-state index in [2.05, 4.69) is 0 Å². The zero-order valence-corrected chi connectivity index (χ0v) is 7.51. The molecule has 0 radical (unpaired) electrons. The Morgan fingerprint density at radius 3 is 2.17 bits per heavy atom. The fourth-order valence-corrected chi connectivity index (χ4v) is 1.61. The van der Waals surface area contributed by atoms with E-state index in [9.17, 15) is 4.79 Å². The molecule has 1 aliphatic rings. The van der Waals surface area contributed by atoms with Crippen molar-refractivity contribution < 1.29 is 4.79 Å². The summed E-state index contributed by atoms with van der Waals surface area (Å²) in [5, 5.41) is 0.722. The summed E-state index contributed by atoms with van der Waals surface area (Å²) in [6, 6.07) is 7.51. The van der Waals surface area contributed by atoms with E-state index in [4.69, 9.17) is 11.6 Å². The molecule has 2 heteroatoms. The van der Waals surface area contributed by atoms with Gasteiger partial charge in [0.15, 0.2) is 0 Å². The van der Waals surface area contributed by atoms with Gasteiger partial charge in [0, 0.05) is 10.9 Å². The minimum absolute atomic E-state index is 0.141. The van der Waals surface area contributed by atoms with Crippen molar-refractivity contribution in [2.45, 2.75) is 12.8 Å². The molecule has 0 aromatic heterocycles. The third-order valence-corrected chi connectivity index (χ3v) is 2.63. The molecule has 0 saturated heterocycles. The summed E-state index contributed by atoms with van der Waals surface area (Å²) < 4.78 is 0. The fraction of sp³-hybridized carbons (Fsp3) is 0.300. The maximum Gasteiger partial charge on any atom is 0.144 e. The average molecular weight is 181 g/mol. The quantitative estimate of drug-likeness (QED) is 0.650. The van der Waals surface area contributed by atoms with Crippen molar-refractivity contribution in [3.05, 3.63) is 34.9 Å². The maximum atomic E-state index is 11.1. The largest absolute Gasteiger partial charge is 0.299 e. The van der Waals surface area contributed by atoms with E-state index >= 15 is 0 Å². The number of ketones is 1. The molecular weight excluding hydrogens is 172 g/mol. The predicted octanol–water partition coefficient (Wildman–Crippen LogP) is 2.64. The van der Waals surface area contributed by atoms with Crippen molar-refractivity contribution in [1.82, 2.24) is 0 Å². The van der Waals surface area contributed by atoms with Crippen LogP contribution in [0.25, 0.3) is 0 Å². The van der Waals surface area contributed by atoms with Gasteiger partial charge in [-0.3, -0.25) is 4.79 Å². The SMILES string of the molecule is CC1C(=O)C1c1ccc(Cl)cc1. The molecular formula is C10H9ClO. The van der Waals surface area contributed by atoms with Crippen LogP contribution in [0.3, 0.4) is 0 Å². The molecule has 1 nitrogen and oxygen atoms in total. The van der Waals surface area contributed by atoms with Crippen molar-refractivity contribution in [1.29, 1.82) is 0 Å². The zero-order valence-electron chi connectivity index (χ0n) is 6.75. The Kier molecular flexibility index (Phi) is 1.69. The third-order valence-electron chi connectivity index (χ3n) is 2.38. The predicted molar refractivity (Wildman–Crippen MR) is 48.4 cm³/mol. The topological polar surface area (TPSA) is 17.1 Å². The first kappa shape index (κ1) is 7.81. The molecule has 0 amide bonds. The standard InChI is InChI=1S/C10H9ClO/c1-6-9(10(6)12)7-2-4-8(11)5-3-7/h2-6,9H,1H3. The van der Waals surface area contributed by atoms with Crippen molar-refractivity contribution in [3.63, 3.8) is 0 Å². The summed E-state index contributed by atoms with van der Waals surface area (Å²) in [4.78, 5) is 11.1. The van der Waals surface area contributed by atoms with Crippen LogP contribution in [0.1, 0.15) is 18.4 Å². The van der Waals surface area contributed by atoms with Gasteiger partial charge in [0.2, 0.25) is 0 Å². The number of hydrogen-bond donors (Lipinski definition) is 0. The highest BCUT2D eigenvalue weighted by molar-refractivity contribution is 6.30. The van der Waals surface area contributed by atoms with Crippen LogP contribution in [0.15, 0.2) is 24.3 Å². The van der Waals surface area contributed by atoms with Crippen LogP contribution in [0.5, 0.6) is 0 Å². The first-order chi connectivity index (χ1) is 5.70. The van der Waals surface area contributed by atoms with Crippen molar-refractivity contribution in [2.75, 3.05) is 0 Å². The Hall–Kier alpha value is -0.820. The molecule has 0 bridgehead atoms. The summed E-state index contributed by atoms with van der Waals surface area (Å²) in [7, 11) is 0. The van der Waals surface area contributed by atoms with E-state index in [1.807, 2.05) is 31.2 Å². The summed E-state index contributed by atoms with van der Waals surface area (Å²) in [5.41, 5.74) is 1.09. The first-order valence-corrected chi connectivity index (χ1v) is 4.37. The number of halogens is 1. The van der Waals surface area contributed by atoms with E-state index in [1.54, 1.807) is 0 Å². The van der Waals surface area contributed by atoms with Gasteiger partial charge in [-0.1, -0.05) is 30.7 Å². The fourth-order valence-electron chi connectivity index (χ4n) is 1.49. The molecule has 1 aromatic rings. The van der Waals surface area contributed by atoms with Crippen LogP contribution in [-0.4, -0.2) is 5.78 Å². The number of benzene rings is 1. The number of rotatable bonds is 1. The first-order valence-electron chi connectivity index (χ1n) is 3.99. The minimum atomic E-state index is 0.141. The molecule has 1 aromatic carbocycles. The van der Waals surface area contributed by atoms with Crippen molar-refractivity contribution in [2.24, 2.45) is 5.92 Å². The van der Waals surface area contributed by atoms with Crippen LogP contribution in [0, 0.1) is 5.92 Å². The van der Waals surface area contributed by atoms with Gasteiger partial charge in [-0.05, 0) is 17.7 Å². The molecule has 1 aliphatic carbocycles. The molecule has 1 saturated carbocycles. The summed E-state index contributed by atoms with van der Waals surface area (Å²) >= 11 is 5.72. The van der Waals surface area contributed by atoms with Crippen molar-refractivity contribution >= 4 is 17.4 Å². The molecule has 1 fully saturated rings. The van der Waals surface area contributed by atoms with Crippen LogP contribution in [0.2, 0.25) is 5.02 Å². The highest BCUT2D eigenvalue weighted by Gasteiger charge is 2.45. The van der Waals surface area contributed by atoms with E-state index < -0.39 is 0 Å². The molecule has 0 heterocycles. The number of carbonyl (C=O) groups is 1. The van der Waals surface area contributed by atoms with Gasteiger partial charge in [-0.15, -0.1) is 0 Å². The normalized spacial score (nSPS) is 27.3. The zero-order chi connectivity index (χ0) is 8.72. The van der Waals surface area contributed by atoms with Gasteiger partial charge in [-0.25, -0.2) is 0 Å². The van der Waals surface area contributed by atoms with Gasteiger partial charge in [0.1, 0.15) is 5.78 Å². The molecule has 62 valence electrons. The maximum absolute atomic E-state index is 11.1. The lowest BCUT2D eigenvalue weighted by Gasteiger charge is -1.95. The van der Waals surface area contributed by atoms with Crippen LogP contribution < -0.4 is 0 Å². The van der Waals surface area contributed by atoms with E-state index in [1.165, 1.54) is 0 Å². The Labute approximate surface area is 76.4 Å².